The summed E-state index contributed by atoms with van der Waals surface area (Å²) in [7, 11) is 0. The Morgan fingerprint density at radius 1 is 0.613 bits per heavy atom. The number of carbonyl (C=O) groups excluding carboxylic acids is 7. The van der Waals surface area contributed by atoms with Crippen molar-refractivity contribution in [1.82, 2.24) is 67.3 Å². The predicted molar refractivity (Wildman–Crippen MR) is 248 cm³/mol. The summed E-state index contributed by atoms with van der Waals surface area (Å²) in [6.45, 7) is -0.708. The first-order chi connectivity index (χ1) is 35.8. The van der Waals surface area contributed by atoms with E-state index in [0.717, 1.165) is 6.92 Å². The number of hydrazine groups is 1. The van der Waals surface area contributed by atoms with Gasteiger partial charge in [-0.05, 0) is 25.7 Å². The van der Waals surface area contributed by atoms with Gasteiger partial charge < -0.3 is 91.7 Å². The fraction of sp³-hybridized carbons (Fsp3) is 0.738. The highest BCUT2D eigenvalue weighted by Crippen LogP contribution is 2.23. The van der Waals surface area contributed by atoms with Crippen molar-refractivity contribution in [1.29, 1.82) is 0 Å². The molecule has 17 N–H and O–H groups in total. The van der Waals surface area contributed by atoms with Gasteiger partial charge in [-0.2, -0.15) is 0 Å². The SMILES string of the molecule is CC(=O)NC(CCC(=O)NCc1cn(CCO[C@H]2O[C@H](CO)[C@@H](O)[C@H](O)[C@@H]2O)nn1)C(=O)NCC(=O)NC(CCC(=O)NCc1cn(CCO[C@H]2O[C@H](CO)[C@@H](O)[C@H](O)[C@@H]2O)nn1)C(=O)NCCCCCC(=O)NN. The summed E-state index contributed by atoms with van der Waals surface area (Å²) in [5.74, 6) is 0.823. The molecule has 7 amide bonds. The van der Waals surface area contributed by atoms with Crippen LogP contribution in [0.1, 0.15) is 69.7 Å². The van der Waals surface area contributed by atoms with E-state index in [1.165, 1.54) is 21.8 Å². The molecular formula is C42H70N14O19. The van der Waals surface area contributed by atoms with Crippen LogP contribution < -0.4 is 43.2 Å². The molecule has 0 aliphatic carbocycles. The Bertz CT molecular complexity index is 2130. The minimum Gasteiger partial charge on any atom is -0.394 e. The number of amides is 7. The highest BCUT2D eigenvalue weighted by molar-refractivity contribution is 5.92. The first-order valence-corrected chi connectivity index (χ1v) is 24.1. The summed E-state index contributed by atoms with van der Waals surface area (Å²) in [6.07, 6.45) is -10.6. The Morgan fingerprint density at radius 2 is 1.09 bits per heavy atom. The van der Waals surface area contributed by atoms with Crippen molar-refractivity contribution in [2.45, 2.75) is 158 Å². The minimum absolute atomic E-state index is 0.0753. The molecule has 2 fully saturated rings. The second-order valence-corrected chi connectivity index (χ2v) is 17.5. The third kappa shape index (κ3) is 20.6. The van der Waals surface area contributed by atoms with Gasteiger partial charge in [-0.1, -0.05) is 16.8 Å². The zero-order valence-corrected chi connectivity index (χ0v) is 41.1. The Kier molecular flexibility index (Phi) is 26.1. The summed E-state index contributed by atoms with van der Waals surface area (Å²) < 4.78 is 24.2. The molecule has 4 heterocycles. The van der Waals surface area contributed by atoms with Crippen LogP contribution in [0.3, 0.4) is 0 Å². The van der Waals surface area contributed by atoms with Crippen LogP contribution in [0.15, 0.2) is 12.4 Å². The van der Waals surface area contributed by atoms with Crippen molar-refractivity contribution >= 4 is 41.4 Å². The van der Waals surface area contributed by atoms with Gasteiger partial charge in [-0.25, -0.2) is 15.2 Å². The smallest absolute Gasteiger partial charge is 0.243 e. The van der Waals surface area contributed by atoms with Crippen molar-refractivity contribution in [2.24, 2.45) is 5.84 Å². The van der Waals surface area contributed by atoms with Gasteiger partial charge in [0.1, 0.15) is 72.3 Å². The summed E-state index contributed by atoms with van der Waals surface area (Å²) >= 11 is 0. The van der Waals surface area contributed by atoms with Gasteiger partial charge in [-0.15, -0.1) is 10.2 Å². The normalized spacial score (nSPS) is 24.3. The maximum atomic E-state index is 13.3. The van der Waals surface area contributed by atoms with E-state index >= 15 is 0 Å². The van der Waals surface area contributed by atoms with Crippen LogP contribution in [0.2, 0.25) is 0 Å². The molecule has 0 saturated carbocycles. The average Bonchev–Trinajstić information content (AvgIpc) is 4.06. The number of aromatic nitrogens is 6. The number of nitrogens with zero attached hydrogens (tertiary/aromatic N) is 6. The Labute approximate surface area is 428 Å². The van der Waals surface area contributed by atoms with Crippen molar-refractivity contribution in [3.05, 3.63) is 23.8 Å². The van der Waals surface area contributed by atoms with E-state index in [0.29, 0.717) is 30.7 Å². The van der Waals surface area contributed by atoms with Crippen molar-refractivity contribution < 1.29 is 93.4 Å². The Balaban J connectivity index is 1.21. The van der Waals surface area contributed by atoms with Gasteiger partial charge in [0.05, 0.1) is 71.5 Å². The molecular weight excluding hydrogens is 1000 g/mol. The molecule has 4 rings (SSSR count). The monoisotopic (exact) mass is 1070 g/mol. The molecule has 75 heavy (non-hydrogen) atoms. The molecule has 33 nitrogen and oxygen atoms in total. The van der Waals surface area contributed by atoms with Gasteiger partial charge >= 0.3 is 0 Å². The van der Waals surface area contributed by atoms with E-state index in [1.54, 1.807) is 0 Å². The molecule has 0 radical (unpaired) electrons. The zero-order chi connectivity index (χ0) is 55.0. The quantitative estimate of drug-likeness (QED) is 0.0140. The Morgan fingerprint density at radius 3 is 1.56 bits per heavy atom. The topological polar surface area (TPSA) is 490 Å². The maximum absolute atomic E-state index is 13.3. The van der Waals surface area contributed by atoms with Crippen molar-refractivity contribution in [2.75, 3.05) is 39.5 Å². The maximum Gasteiger partial charge on any atom is 0.243 e. The van der Waals surface area contributed by atoms with Gasteiger partial charge in [-0.3, -0.25) is 39.0 Å². The number of hydrogen-bond acceptors (Lipinski definition) is 24. The molecule has 422 valence electrons. The van der Waals surface area contributed by atoms with Gasteiger partial charge in [0.2, 0.25) is 41.4 Å². The standard InChI is InChI=1S/C42H70N14O19/c1-22(59)48-25(6-8-29(60)45-15-23-18-55(53-51-23)11-13-72-41-37(68)35(66)33(64)27(20-57)74-41)40(71)47-17-32(63)49-26(39(70)44-10-4-2-3-5-31(62)50-43)7-9-30(61)46-16-24-19-56(54-52-24)12-14-73-42-38(69)36(67)34(65)28(21-58)75-42/h18-19,25-28,33-38,41-42,57-58,64-69H,2-17,20-21,43H2,1H3,(H,44,70)(H,45,60)(H,46,61)(H,47,71)(H,48,59)(H,49,63)(H,50,62)/t25?,26?,27-,28-,33-,34-,35+,36+,37+,38+,41+,42+/m1/s1. The molecule has 33 heteroatoms. The molecule has 2 unspecified atom stereocenters. The number of carbonyl (C=O) groups is 7. The summed E-state index contributed by atoms with van der Waals surface area (Å²) in [5.41, 5.74) is 2.70. The van der Waals surface area contributed by atoms with Crippen LogP contribution in [0.5, 0.6) is 0 Å². The van der Waals surface area contributed by atoms with E-state index in [4.69, 9.17) is 24.8 Å². The summed E-state index contributed by atoms with van der Waals surface area (Å²) in [5, 5.41) is 110. The van der Waals surface area contributed by atoms with Crippen molar-refractivity contribution in [3.63, 3.8) is 0 Å². The van der Waals surface area contributed by atoms with Crippen LogP contribution in [-0.2, 0) is 78.7 Å². The lowest BCUT2D eigenvalue weighted by atomic mass is 9.99. The Hall–Kier alpha value is -5.95. The lowest BCUT2D eigenvalue weighted by Gasteiger charge is -2.39. The highest BCUT2D eigenvalue weighted by atomic mass is 16.7. The van der Waals surface area contributed by atoms with E-state index < -0.39 is 129 Å². The predicted octanol–water partition coefficient (Wildman–Crippen LogP) is -9.23. The second kappa shape index (κ2) is 31.8. The minimum atomic E-state index is -1.61. The lowest BCUT2D eigenvalue weighted by Crippen LogP contribution is -2.59. The van der Waals surface area contributed by atoms with Crippen LogP contribution in [-0.4, -0.2) is 225 Å². The number of rotatable bonds is 32. The summed E-state index contributed by atoms with van der Waals surface area (Å²) in [6, 6.07) is -2.51. The molecule has 2 saturated heterocycles. The first-order valence-electron chi connectivity index (χ1n) is 24.1. The number of nitrogens with two attached hydrogens (primary N) is 1. The first kappa shape index (κ1) is 61.6. The van der Waals surface area contributed by atoms with E-state index in [1.807, 2.05) is 5.43 Å². The summed E-state index contributed by atoms with van der Waals surface area (Å²) in [4.78, 5) is 88.7. The molecule has 12 atom stereocenters. The van der Waals surface area contributed by atoms with Crippen LogP contribution >= 0.6 is 0 Å². The largest absolute Gasteiger partial charge is 0.394 e. The van der Waals surface area contributed by atoms with Gasteiger partial charge in [0, 0.05) is 32.7 Å². The number of aliphatic hydroxyl groups excluding tert-OH is 8. The molecule has 0 bridgehead atoms. The zero-order valence-electron chi connectivity index (χ0n) is 41.1. The molecule has 2 aliphatic rings. The number of unbranched alkanes of at least 4 members (excludes halogenated alkanes) is 2. The molecule has 0 aromatic carbocycles. The number of aliphatic hydroxyl groups is 8. The van der Waals surface area contributed by atoms with Crippen molar-refractivity contribution in [3.8, 4) is 0 Å². The third-order valence-corrected chi connectivity index (χ3v) is 11.6. The molecule has 2 aromatic rings. The third-order valence-electron chi connectivity index (χ3n) is 11.6. The highest BCUT2D eigenvalue weighted by Gasteiger charge is 2.45. The van der Waals surface area contributed by atoms with Crippen LogP contribution in [0, 0.1) is 0 Å². The average molecular weight is 1080 g/mol. The van der Waals surface area contributed by atoms with Crippen LogP contribution in [0.25, 0.3) is 0 Å². The number of nitrogens with one attached hydrogen (secondary N) is 7. The van der Waals surface area contributed by atoms with Crippen LogP contribution in [0.4, 0.5) is 0 Å². The molecule has 2 aromatic heterocycles. The van der Waals surface area contributed by atoms with E-state index in [-0.39, 0.29) is 83.9 Å². The van der Waals surface area contributed by atoms with Gasteiger partial charge in [0.25, 0.3) is 0 Å². The molecule has 0 spiro atoms. The van der Waals surface area contributed by atoms with E-state index in [9.17, 15) is 74.4 Å². The van der Waals surface area contributed by atoms with Gasteiger partial charge in [0.15, 0.2) is 12.6 Å². The number of hydrogen-bond donors (Lipinski definition) is 16. The molecule has 2 aliphatic heterocycles. The number of ether oxygens (including phenoxy) is 4. The fourth-order valence-corrected chi connectivity index (χ4v) is 7.41. The second-order valence-electron chi connectivity index (χ2n) is 17.5. The lowest BCUT2D eigenvalue weighted by molar-refractivity contribution is -0.301. The fourth-order valence-electron chi connectivity index (χ4n) is 7.41. The van der Waals surface area contributed by atoms with E-state index in [2.05, 4.69) is 52.5 Å².